The molecule has 3 rings (SSSR count). The Bertz CT molecular complexity index is 952. The number of hydrogen-bond donors (Lipinski definition) is 1. The van der Waals surface area contributed by atoms with Crippen molar-refractivity contribution < 1.29 is 17.9 Å². The Labute approximate surface area is 190 Å². The van der Waals surface area contributed by atoms with Gasteiger partial charge < -0.3 is 4.74 Å². The predicted molar refractivity (Wildman–Crippen MR) is 122 cm³/mol. The molecule has 0 amide bonds. The number of benzene rings is 2. The first-order chi connectivity index (χ1) is 14.9. The maximum atomic E-state index is 13.0. The Morgan fingerprint density at radius 1 is 1.10 bits per heavy atom. The average Bonchev–Trinajstić information content (AvgIpc) is 3.27. The monoisotopic (exact) mass is 463 g/mol. The largest absolute Gasteiger partial charge is 0.469 e. The van der Waals surface area contributed by atoms with Crippen LogP contribution in [0.3, 0.4) is 0 Å². The Hall–Kier alpha value is -1.89. The van der Waals surface area contributed by atoms with Gasteiger partial charge in [-0.05, 0) is 60.6 Å². The van der Waals surface area contributed by atoms with Crippen LogP contribution >= 0.6 is 11.6 Å². The Balaban J connectivity index is 1.73. The molecule has 168 valence electrons. The van der Waals surface area contributed by atoms with E-state index in [0.717, 1.165) is 43.2 Å². The van der Waals surface area contributed by atoms with E-state index in [-0.39, 0.29) is 16.9 Å². The molecule has 1 atom stereocenters. The lowest BCUT2D eigenvalue weighted by Gasteiger charge is -2.23. The second kappa shape index (κ2) is 11.1. The van der Waals surface area contributed by atoms with Gasteiger partial charge in [0.1, 0.15) is 0 Å². The van der Waals surface area contributed by atoms with Crippen molar-refractivity contribution in [3.63, 3.8) is 0 Å². The van der Waals surface area contributed by atoms with Crippen LogP contribution in [0.15, 0.2) is 53.4 Å². The van der Waals surface area contributed by atoms with Crippen LogP contribution in [0.5, 0.6) is 0 Å². The van der Waals surface area contributed by atoms with Crippen molar-refractivity contribution in [2.24, 2.45) is 5.92 Å². The van der Waals surface area contributed by atoms with Gasteiger partial charge in [0, 0.05) is 17.5 Å². The highest BCUT2D eigenvalue weighted by Gasteiger charge is 2.26. The summed E-state index contributed by atoms with van der Waals surface area (Å²) >= 11 is 5.91. The second-order valence-electron chi connectivity index (χ2n) is 8.19. The van der Waals surface area contributed by atoms with E-state index in [1.807, 2.05) is 24.3 Å². The van der Waals surface area contributed by atoms with E-state index in [1.54, 1.807) is 12.1 Å². The summed E-state index contributed by atoms with van der Waals surface area (Å²) in [5.74, 6) is 0.322. The molecule has 2 aromatic rings. The topological polar surface area (TPSA) is 72.5 Å². The van der Waals surface area contributed by atoms with Gasteiger partial charge in [-0.2, -0.15) is 0 Å². The predicted octanol–water partition coefficient (Wildman–Crippen LogP) is 5.44. The molecule has 1 unspecified atom stereocenters. The Morgan fingerprint density at radius 2 is 1.74 bits per heavy atom. The quantitative estimate of drug-likeness (QED) is 0.476. The normalized spacial score (nSPS) is 15.7. The molecule has 5 nitrogen and oxygen atoms in total. The van der Waals surface area contributed by atoms with Crippen molar-refractivity contribution >= 4 is 27.6 Å². The first kappa shape index (κ1) is 23.8. The van der Waals surface area contributed by atoms with E-state index < -0.39 is 10.0 Å². The van der Waals surface area contributed by atoms with Crippen molar-refractivity contribution in [3.8, 4) is 0 Å². The van der Waals surface area contributed by atoms with Gasteiger partial charge >= 0.3 is 5.97 Å². The lowest BCUT2D eigenvalue weighted by Crippen LogP contribution is -2.30. The van der Waals surface area contributed by atoms with Crippen LogP contribution in [0.4, 0.5) is 0 Å². The zero-order valence-electron chi connectivity index (χ0n) is 17.8. The zero-order chi connectivity index (χ0) is 22.3. The summed E-state index contributed by atoms with van der Waals surface area (Å²) in [5, 5.41) is 0.504. The first-order valence-electron chi connectivity index (χ1n) is 10.8. The maximum absolute atomic E-state index is 13.0. The molecule has 31 heavy (non-hydrogen) atoms. The molecule has 7 heteroatoms. The zero-order valence-corrected chi connectivity index (χ0v) is 19.4. The lowest BCUT2D eigenvalue weighted by molar-refractivity contribution is -0.140. The molecular formula is C24H30ClNO4S. The summed E-state index contributed by atoms with van der Waals surface area (Å²) in [5.41, 5.74) is 2.08. The summed E-state index contributed by atoms with van der Waals surface area (Å²) < 4.78 is 33.6. The minimum atomic E-state index is -3.66. The van der Waals surface area contributed by atoms with Gasteiger partial charge in [0.2, 0.25) is 10.0 Å². The smallest absolute Gasteiger partial charge is 0.305 e. The molecule has 0 heterocycles. The third-order valence-corrected chi connectivity index (χ3v) is 7.66. The first-order valence-corrected chi connectivity index (χ1v) is 12.7. The number of methoxy groups -OCH3 is 1. The van der Waals surface area contributed by atoms with Gasteiger partial charge in [-0.1, -0.05) is 61.5 Å². The molecule has 2 aromatic carbocycles. The average molecular weight is 464 g/mol. The molecular weight excluding hydrogens is 434 g/mol. The lowest BCUT2D eigenvalue weighted by atomic mass is 9.93. The molecule has 0 bridgehead atoms. The summed E-state index contributed by atoms with van der Waals surface area (Å²) in [4.78, 5) is 11.5. The van der Waals surface area contributed by atoms with Gasteiger partial charge in [-0.15, -0.1) is 0 Å². The van der Waals surface area contributed by atoms with E-state index >= 15 is 0 Å². The summed E-state index contributed by atoms with van der Waals surface area (Å²) in [7, 11) is -2.27. The van der Waals surface area contributed by atoms with Crippen molar-refractivity contribution in [2.45, 2.75) is 62.3 Å². The number of rotatable bonds is 10. The number of sulfonamides is 1. The molecule has 1 N–H and O–H groups in total. The number of aryl methyl sites for hydroxylation is 1. The van der Waals surface area contributed by atoms with Gasteiger partial charge in [0.05, 0.1) is 12.0 Å². The fraction of sp³-hybridized carbons (Fsp3) is 0.458. The van der Waals surface area contributed by atoms with E-state index in [4.69, 9.17) is 11.6 Å². The van der Waals surface area contributed by atoms with Gasteiger partial charge in [-0.3, -0.25) is 4.79 Å². The van der Waals surface area contributed by atoms with Crippen LogP contribution in [-0.4, -0.2) is 21.5 Å². The number of hydrogen-bond acceptors (Lipinski definition) is 4. The van der Waals surface area contributed by atoms with Gasteiger partial charge in [-0.25, -0.2) is 13.1 Å². The van der Waals surface area contributed by atoms with E-state index in [0.29, 0.717) is 17.4 Å². The minimum absolute atomic E-state index is 0.204. The molecule has 0 spiro atoms. The van der Waals surface area contributed by atoms with Gasteiger partial charge in [0.15, 0.2) is 0 Å². The number of nitrogens with one attached hydrogen (secondary N) is 1. The molecule has 1 aliphatic rings. The molecule has 0 saturated heterocycles. The summed E-state index contributed by atoms with van der Waals surface area (Å²) in [6.45, 7) is 0. The highest BCUT2D eigenvalue weighted by Crippen LogP contribution is 2.34. The fourth-order valence-corrected chi connectivity index (χ4v) is 5.52. The highest BCUT2D eigenvalue weighted by atomic mass is 35.5. The number of esters is 1. The number of carbonyl (C=O) groups excluding carboxylic acids is 1. The van der Waals surface area contributed by atoms with Crippen molar-refractivity contribution in [2.75, 3.05) is 7.11 Å². The van der Waals surface area contributed by atoms with Crippen LogP contribution in [0.2, 0.25) is 5.02 Å². The minimum Gasteiger partial charge on any atom is -0.469 e. The van der Waals surface area contributed by atoms with Crippen LogP contribution in [0, 0.1) is 5.92 Å². The SMILES string of the molecule is COC(=O)CCCc1ccc(C(CC2CCCC2)NS(=O)(=O)c2ccc(Cl)cc2)cc1. The number of carbonyl (C=O) groups is 1. The van der Waals surface area contributed by atoms with E-state index in [9.17, 15) is 13.2 Å². The maximum Gasteiger partial charge on any atom is 0.305 e. The van der Waals surface area contributed by atoms with Crippen LogP contribution in [0.25, 0.3) is 0 Å². The number of halogens is 1. The molecule has 1 saturated carbocycles. The van der Waals surface area contributed by atoms with E-state index in [2.05, 4.69) is 9.46 Å². The van der Waals surface area contributed by atoms with Crippen LogP contribution in [-0.2, 0) is 26.0 Å². The van der Waals surface area contributed by atoms with Crippen LogP contribution in [0.1, 0.15) is 62.1 Å². The Morgan fingerprint density at radius 3 is 2.35 bits per heavy atom. The molecule has 1 fully saturated rings. The second-order valence-corrected chi connectivity index (χ2v) is 10.3. The standard InChI is InChI=1S/C24H30ClNO4S/c1-30-24(27)8-4-7-18-9-11-20(12-10-18)23(17-19-5-2-3-6-19)26-31(28,29)22-15-13-21(25)14-16-22/h9-16,19,23,26H,2-8,17H2,1H3. The van der Waals surface area contributed by atoms with Crippen molar-refractivity contribution in [1.29, 1.82) is 0 Å². The summed E-state index contributed by atoms with van der Waals surface area (Å²) in [6.07, 6.45) is 7.38. The molecule has 0 radical (unpaired) electrons. The van der Waals surface area contributed by atoms with Crippen LogP contribution < -0.4 is 4.72 Å². The van der Waals surface area contributed by atoms with Crippen molar-refractivity contribution in [3.05, 3.63) is 64.7 Å². The van der Waals surface area contributed by atoms with E-state index in [1.165, 1.54) is 32.1 Å². The third-order valence-electron chi connectivity index (χ3n) is 5.92. The summed E-state index contributed by atoms with van der Waals surface area (Å²) in [6, 6.07) is 14.0. The fourth-order valence-electron chi connectivity index (χ4n) is 4.16. The molecule has 0 aromatic heterocycles. The molecule has 1 aliphatic carbocycles. The highest BCUT2D eigenvalue weighted by molar-refractivity contribution is 7.89. The van der Waals surface area contributed by atoms with Gasteiger partial charge in [0.25, 0.3) is 0 Å². The number of ether oxygens (including phenoxy) is 1. The molecule has 0 aliphatic heterocycles. The van der Waals surface area contributed by atoms with Crippen molar-refractivity contribution in [1.82, 2.24) is 4.72 Å². The Kier molecular flexibility index (Phi) is 8.52. The third kappa shape index (κ3) is 7.06.